The molecule has 2 aromatic rings. The number of benzene rings is 1. The summed E-state index contributed by atoms with van der Waals surface area (Å²) in [6, 6.07) is 6.35. The van der Waals surface area contributed by atoms with Gasteiger partial charge in [-0.15, -0.1) is 0 Å². The van der Waals surface area contributed by atoms with Crippen molar-refractivity contribution in [3.05, 3.63) is 41.2 Å². The average molecular weight is 255 g/mol. The smallest absolute Gasteiger partial charge is 0.133 e. The third kappa shape index (κ3) is 2.46. The van der Waals surface area contributed by atoms with E-state index >= 15 is 0 Å². The average Bonchev–Trinajstić information content (AvgIpc) is 2.40. The first kappa shape index (κ1) is 13.5. The zero-order valence-electron chi connectivity index (χ0n) is 12.3. The molecule has 0 spiro atoms. The van der Waals surface area contributed by atoms with Gasteiger partial charge in [-0.25, -0.2) is 9.97 Å². The van der Waals surface area contributed by atoms with Gasteiger partial charge in [-0.05, 0) is 30.9 Å². The summed E-state index contributed by atoms with van der Waals surface area (Å²) in [5, 5.41) is 3.17. The molecule has 0 radical (unpaired) electrons. The molecule has 0 unspecified atom stereocenters. The van der Waals surface area contributed by atoms with Crippen LogP contribution in [0.1, 0.15) is 36.5 Å². The summed E-state index contributed by atoms with van der Waals surface area (Å²) in [6.07, 6.45) is 1.63. The Morgan fingerprint density at radius 3 is 2.47 bits per heavy atom. The predicted molar refractivity (Wildman–Crippen MR) is 80.6 cm³/mol. The lowest BCUT2D eigenvalue weighted by Gasteiger charge is -2.17. The molecule has 1 N–H and O–H groups in total. The summed E-state index contributed by atoms with van der Waals surface area (Å²) < 4.78 is 0. The van der Waals surface area contributed by atoms with Gasteiger partial charge in [0, 0.05) is 18.2 Å². The van der Waals surface area contributed by atoms with Gasteiger partial charge in [0.15, 0.2) is 0 Å². The van der Waals surface area contributed by atoms with Crippen LogP contribution < -0.4 is 5.32 Å². The van der Waals surface area contributed by atoms with E-state index in [9.17, 15) is 0 Å². The van der Waals surface area contributed by atoms with Crippen molar-refractivity contribution >= 4 is 5.82 Å². The molecule has 0 saturated carbocycles. The maximum Gasteiger partial charge on any atom is 0.133 e. The number of aromatic nitrogens is 2. The molecule has 0 fully saturated rings. The Bertz CT molecular complexity index is 589. The minimum Gasteiger partial charge on any atom is -0.373 e. The molecule has 2 rings (SSSR count). The van der Waals surface area contributed by atoms with Gasteiger partial charge < -0.3 is 5.32 Å². The van der Waals surface area contributed by atoms with Crippen LogP contribution in [-0.4, -0.2) is 17.0 Å². The molecule has 0 saturated heterocycles. The Kier molecular flexibility index (Phi) is 3.84. The Labute approximate surface area is 115 Å². The third-order valence-electron chi connectivity index (χ3n) is 3.56. The van der Waals surface area contributed by atoms with Crippen LogP contribution in [-0.2, 0) is 0 Å². The van der Waals surface area contributed by atoms with Crippen LogP contribution in [0, 0.1) is 13.8 Å². The van der Waals surface area contributed by atoms with Crippen LogP contribution in [0.3, 0.4) is 0 Å². The van der Waals surface area contributed by atoms with Gasteiger partial charge in [-0.1, -0.05) is 32.0 Å². The first-order valence-corrected chi connectivity index (χ1v) is 6.65. The fourth-order valence-electron chi connectivity index (χ4n) is 2.36. The van der Waals surface area contributed by atoms with Gasteiger partial charge in [-0.2, -0.15) is 0 Å². The molecule has 0 bridgehead atoms. The minimum atomic E-state index is 0.374. The largest absolute Gasteiger partial charge is 0.373 e. The topological polar surface area (TPSA) is 37.8 Å². The second-order valence-electron chi connectivity index (χ2n) is 5.14. The van der Waals surface area contributed by atoms with Crippen LogP contribution >= 0.6 is 0 Å². The lowest BCUT2D eigenvalue weighted by molar-refractivity contribution is 0.851. The van der Waals surface area contributed by atoms with E-state index in [1.807, 2.05) is 7.05 Å². The maximum atomic E-state index is 4.53. The van der Waals surface area contributed by atoms with Crippen molar-refractivity contribution in [2.75, 3.05) is 12.4 Å². The molecule has 0 aliphatic heterocycles. The van der Waals surface area contributed by atoms with Crippen molar-refractivity contribution < 1.29 is 0 Å². The molecule has 0 aliphatic carbocycles. The van der Waals surface area contributed by atoms with Crippen molar-refractivity contribution in [2.45, 2.75) is 33.6 Å². The van der Waals surface area contributed by atoms with E-state index in [1.165, 1.54) is 22.3 Å². The lowest BCUT2D eigenvalue weighted by Crippen LogP contribution is -2.05. The zero-order valence-corrected chi connectivity index (χ0v) is 12.3. The van der Waals surface area contributed by atoms with Crippen molar-refractivity contribution in [1.82, 2.24) is 9.97 Å². The summed E-state index contributed by atoms with van der Waals surface area (Å²) in [6.45, 7) is 8.63. The highest BCUT2D eigenvalue weighted by Crippen LogP contribution is 2.33. The van der Waals surface area contributed by atoms with E-state index in [0.29, 0.717) is 5.92 Å². The molecule has 1 aromatic heterocycles. The van der Waals surface area contributed by atoms with Gasteiger partial charge >= 0.3 is 0 Å². The molecular weight excluding hydrogens is 234 g/mol. The van der Waals surface area contributed by atoms with Crippen molar-refractivity contribution in [3.8, 4) is 11.3 Å². The molecule has 0 aliphatic rings. The van der Waals surface area contributed by atoms with E-state index in [0.717, 1.165) is 11.5 Å². The molecule has 3 heteroatoms. The summed E-state index contributed by atoms with van der Waals surface area (Å²) in [5.74, 6) is 1.29. The molecule has 19 heavy (non-hydrogen) atoms. The van der Waals surface area contributed by atoms with Crippen molar-refractivity contribution in [3.63, 3.8) is 0 Å². The number of hydrogen-bond acceptors (Lipinski definition) is 3. The lowest BCUT2D eigenvalue weighted by atomic mass is 9.93. The fraction of sp³-hybridized carbons (Fsp3) is 0.375. The SMILES string of the molecule is CNc1ncnc(-c2cccc(C)c2C)c1C(C)C. The number of nitrogens with zero attached hydrogens (tertiary/aromatic N) is 2. The summed E-state index contributed by atoms with van der Waals surface area (Å²) in [4.78, 5) is 8.86. The van der Waals surface area contributed by atoms with Gasteiger partial charge in [0.25, 0.3) is 0 Å². The molecular formula is C16H21N3. The Balaban J connectivity index is 2.72. The van der Waals surface area contributed by atoms with E-state index < -0.39 is 0 Å². The number of rotatable bonds is 3. The normalized spacial score (nSPS) is 10.8. The standard InChI is InChI=1S/C16H21N3/c1-10(2)14-15(18-9-19-16(14)17-5)13-8-6-7-11(3)12(13)4/h6-10H,1-5H3,(H,17,18,19). The van der Waals surface area contributed by atoms with E-state index in [1.54, 1.807) is 6.33 Å². The highest BCUT2D eigenvalue weighted by molar-refractivity contribution is 5.72. The van der Waals surface area contributed by atoms with E-state index in [4.69, 9.17) is 0 Å². The molecule has 0 amide bonds. The Hall–Kier alpha value is -1.90. The highest BCUT2D eigenvalue weighted by atomic mass is 15.0. The number of hydrogen-bond donors (Lipinski definition) is 1. The summed E-state index contributed by atoms with van der Waals surface area (Å²) in [5.41, 5.74) is 5.99. The molecule has 0 atom stereocenters. The second kappa shape index (κ2) is 5.39. The van der Waals surface area contributed by atoms with Crippen LogP contribution in [0.4, 0.5) is 5.82 Å². The predicted octanol–water partition coefficient (Wildman–Crippen LogP) is 3.93. The monoisotopic (exact) mass is 255 g/mol. The Morgan fingerprint density at radius 2 is 1.84 bits per heavy atom. The van der Waals surface area contributed by atoms with Crippen LogP contribution in [0.25, 0.3) is 11.3 Å². The number of anilines is 1. The van der Waals surface area contributed by atoms with E-state index in [-0.39, 0.29) is 0 Å². The minimum absolute atomic E-state index is 0.374. The number of nitrogens with one attached hydrogen (secondary N) is 1. The van der Waals surface area contributed by atoms with Crippen molar-refractivity contribution in [1.29, 1.82) is 0 Å². The van der Waals surface area contributed by atoms with Crippen LogP contribution in [0.2, 0.25) is 0 Å². The highest BCUT2D eigenvalue weighted by Gasteiger charge is 2.17. The first-order valence-electron chi connectivity index (χ1n) is 6.65. The van der Waals surface area contributed by atoms with Gasteiger partial charge in [0.2, 0.25) is 0 Å². The molecule has 1 aromatic carbocycles. The van der Waals surface area contributed by atoms with E-state index in [2.05, 4.69) is 61.2 Å². The third-order valence-corrected chi connectivity index (χ3v) is 3.56. The summed E-state index contributed by atoms with van der Waals surface area (Å²) in [7, 11) is 1.90. The fourth-order valence-corrected chi connectivity index (χ4v) is 2.36. The number of aryl methyl sites for hydroxylation is 1. The maximum absolute atomic E-state index is 4.53. The van der Waals surface area contributed by atoms with Crippen LogP contribution in [0.15, 0.2) is 24.5 Å². The summed E-state index contributed by atoms with van der Waals surface area (Å²) >= 11 is 0. The molecule has 3 nitrogen and oxygen atoms in total. The van der Waals surface area contributed by atoms with Gasteiger partial charge in [-0.3, -0.25) is 0 Å². The van der Waals surface area contributed by atoms with Crippen molar-refractivity contribution in [2.24, 2.45) is 0 Å². The zero-order chi connectivity index (χ0) is 14.0. The molecule has 1 heterocycles. The van der Waals surface area contributed by atoms with Gasteiger partial charge in [0.05, 0.1) is 5.69 Å². The first-order chi connectivity index (χ1) is 9.06. The van der Waals surface area contributed by atoms with Crippen LogP contribution in [0.5, 0.6) is 0 Å². The second-order valence-corrected chi connectivity index (χ2v) is 5.14. The van der Waals surface area contributed by atoms with Gasteiger partial charge in [0.1, 0.15) is 12.1 Å². The Morgan fingerprint density at radius 1 is 1.11 bits per heavy atom. The quantitative estimate of drug-likeness (QED) is 0.903. The molecule has 100 valence electrons.